The first kappa shape index (κ1) is 8.51. The number of nitrogens with zero attached hydrogens (tertiary/aromatic N) is 1. The van der Waals surface area contributed by atoms with E-state index in [0.29, 0.717) is 5.88 Å². The van der Waals surface area contributed by atoms with Crippen LogP contribution in [0, 0.1) is 0 Å². The third-order valence-corrected chi connectivity index (χ3v) is 2.52. The second-order valence-corrected chi connectivity index (χ2v) is 3.39. The summed E-state index contributed by atoms with van der Waals surface area (Å²) in [6, 6.07) is 4.08. The van der Waals surface area contributed by atoms with E-state index < -0.39 is 0 Å². The molecule has 1 unspecified atom stereocenters. The summed E-state index contributed by atoms with van der Waals surface area (Å²) in [6.45, 7) is 0. The average Bonchev–Trinajstić information content (AvgIpc) is 2.18. The number of fused-ring (bicyclic) bond motifs is 1. The lowest BCUT2D eigenvalue weighted by Crippen LogP contribution is -2.18. The molecule has 3 heteroatoms. The van der Waals surface area contributed by atoms with Gasteiger partial charge in [-0.2, -0.15) is 0 Å². The van der Waals surface area contributed by atoms with Gasteiger partial charge in [0.25, 0.3) is 0 Å². The smallest absolute Gasteiger partial charge is 0.213 e. The maximum absolute atomic E-state index is 5.96. The highest BCUT2D eigenvalue weighted by Gasteiger charge is 2.17. The monoisotopic (exact) mass is 178 g/mol. The van der Waals surface area contributed by atoms with Gasteiger partial charge >= 0.3 is 0 Å². The summed E-state index contributed by atoms with van der Waals surface area (Å²) >= 11 is 0. The fourth-order valence-corrected chi connectivity index (χ4v) is 1.79. The zero-order chi connectivity index (χ0) is 9.26. The zero-order valence-corrected chi connectivity index (χ0v) is 7.79. The molecule has 13 heavy (non-hydrogen) atoms. The van der Waals surface area contributed by atoms with Crippen molar-refractivity contribution in [2.24, 2.45) is 5.73 Å². The van der Waals surface area contributed by atoms with Gasteiger partial charge in [0.2, 0.25) is 5.88 Å². The molecule has 1 atom stereocenters. The van der Waals surface area contributed by atoms with Crippen LogP contribution in [0.5, 0.6) is 5.88 Å². The summed E-state index contributed by atoms with van der Waals surface area (Å²) in [6.07, 6.45) is 3.23. The molecule has 1 aromatic rings. The fourth-order valence-electron chi connectivity index (χ4n) is 1.79. The van der Waals surface area contributed by atoms with Gasteiger partial charge in [0.1, 0.15) is 0 Å². The van der Waals surface area contributed by atoms with Crippen LogP contribution in [-0.4, -0.2) is 12.1 Å². The Morgan fingerprint density at radius 3 is 3.15 bits per heavy atom. The molecule has 0 aromatic carbocycles. The molecular weight excluding hydrogens is 164 g/mol. The molecule has 1 heterocycles. The van der Waals surface area contributed by atoms with Crippen molar-refractivity contribution >= 4 is 0 Å². The first-order valence-electron chi connectivity index (χ1n) is 4.60. The number of hydrogen-bond donors (Lipinski definition) is 1. The summed E-state index contributed by atoms with van der Waals surface area (Å²) in [5.41, 5.74) is 8.25. The van der Waals surface area contributed by atoms with Crippen LogP contribution in [0.1, 0.15) is 30.1 Å². The van der Waals surface area contributed by atoms with Gasteiger partial charge in [-0.3, -0.25) is 0 Å². The van der Waals surface area contributed by atoms with Crippen molar-refractivity contribution in [3.8, 4) is 5.88 Å². The Morgan fingerprint density at radius 1 is 1.54 bits per heavy atom. The molecule has 0 radical (unpaired) electrons. The highest BCUT2D eigenvalue weighted by atomic mass is 16.5. The SMILES string of the molecule is COc1ccc2c(n1)CCCC2N. The maximum Gasteiger partial charge on any atom is 0.213 e. The molecule has 0 spiro atoms. The zero-order valence-electron chi connectivity index (χ0n) is 7.79. The second-order valence-electron chi connectivity index (χ2n) is 3.39. The number of aryl methyl sites for hydroxylation is 1. The Labute approximate surface area is 77.9 Å². The van der Waals surface area contributed by atoms with Crippen LogP contribution in [0.15, 0.2) is 12.1 Å². The Morgan fingerprint density at radius 2 is 2.38 bits per heavy atom. The fraction of sp³-hybridized carbons (Fsp3) is 0.500. The average molecular weight is 178 g/mol. The minimum atomic E-state index is 0.169. The molecule has 0 bridgehead atoms. The highest BCUT2D eigenvalue weighted by molar-refractivity contribution is 5.30. The number of methoxy groups -OCH3 is 1. The van der Waals surface area contributed by atoms with Crippen LogP contribution in [-0.2, 0) is 6.42 Å². The van der Waals surface area contributed by atoms with Crippen LogP contribution >= 0.6 is 0 Å². The summed E-state index contributed by atoms with van der Waals surface area (Å²) in [5.74, 6) is 0.688. The molecular formula is C10H14N2O. The lowest BCUT2D eigenvalue weighted by Gasteiger charge is -2.21. The summed E-state index contributed by atoms with van der Waals surface area (Å²) < 4.78 is 5.06. The van der Waals surface area contributed by atoms with Crippen LogP contribution in [0.25, 0.3) is 0 Å². The van der Waals surface area contributed by atoms with E-state index in [1.54, 1.807) is 7.11 Å². The van der Waals surface area contributed by atoms with Crippen molar-refractivity contribution in [2.75, 3.05) is 7.11 Å². The van der Waals surface area contributed by atoms with E-state index in [1.165, 1.54) is 5.56 Å². The van der Waals surface area contributed by atoms with Gasteiger partial charge in [0, 0.05) is 17.8 Å². The third-order valence-electron chi connectivity index (χ3n) is 2.52. The summed E-state index contributed by atoms with van der Waals surface area (Å²) in [5, 5.41) is 0. The Hall–Kier alpha value is -1.09. The number of hydrogen-bond acceptors (Lipinski definition) is 3. The van der Waals surface area contributed by atoms with Gasteiger partial charge in [-0.25, -0.2) is 4.98 Å². The second kappa shape index (κ2) is 3.34. The standard InChI is InChI=1S/C10H14N2O/c1-13-10-6-5-7-8(11)3-2-4-9(7)12-10/h5-6,8H,2-4,11H2,1H3. The molecule has 2 N–H and O–H groups in total. The Kier molecular flexibility index (Phi) is 2.19. The molecule has 70 valence electrons. The van der Waals surface area contributed by atoms with Gasteiger partial charge in [0.15, 0.2) is 0 Å². The number of pyridine rings is 1. The van der Waals surface area contributed by atoms with Crippen molar-refractivity contribution in [2.45, 2.75) is 25.3 Å². The molecule has 0 amide bonds. The van der Waals surface area contributed by atoms with Crippen LogP contribution in [0.4, 0.5) is 0 Å². The van der Waals surface area contributed by atoms with Crippen molar-refractivity contribution < 1.29 is 4.74 Å². The lowest BCUT2D eigenvalue weighted by atomic mass is 9.92. The van der Waals surface area contributed by atoms with E-state index in [0.717, 1.165) is 25.0 Å². The number of rotatable bonds is 1. The minimum absolute atomic E-state index is 0.169. The number of aromatic nitrogens is 1. The number of ether oxygens (including phenoxy) is 1. The predicted molar refractivity (Wildman–Crippen MR) is 50.7 cm³/mol. The molecule has 1 aliphatic carbocycles. The van der Waals surface area contributed by atoms with E-state index in [2.05, 4.69) is 4.98 Å². The van der Waals surface area contributed by atoms with E-state index >= 15 is 0 Å². The van der Waals surface area contributed by atoms with Gasteiger partial charge in [0.05, 0.1) is 7.11 Å². The topological polar surface area (TPSA) is 48.1 Å². The normalized spacial score (nSPS) is 20.9. The predicted octanol–water partition coefficient (Wildman–Crippen LogP) is 1.43. The van der Waals surface area contributed by atoms with Gasteiger partial charge < -0.3 is 10.5 Å². The van der Waals surface area contributed by atoms with E-state index in [9.17, 15) is 0 Å². The maximum atomic E-state index is 5.96. The minimum Gasteiger partial charge on any atom is -0.481 e. The van der Waals surface area contributed by atoms with Crippen molar-refractivity contribution in [3.05, 3.63) is 23.4 Å². The number of nitrogens with two attached hydrogens (primary N) is 1. The van der Waals surface area contributed by atoms with Gasteiger partial charge in [-0.05, 0) is 24.8 Å². The van der Waals surface area contributed by atoms with Crippen molar-refractivity contribution in [1.82, 2.24) is 4.98 Å². The molecule has 1 aromatic heterocycles. The Balaban J connectivity index is 2.39. The summed E-state index contributed by atoms with van der Waals surface area (Å²) in [7, 11) is 1.64. The lowest BCUT2D eigenvalue weighted by molar-refractivity contribution is 0.393. The Bertz CT molecular complexity index is 312. The largest absolute Gasteiger partial charge is 0.481 e. The molecule has 2 rings (SSSR count). The van der Waals surface area contributed by atoms with Crippen LogP contribution in [0.3, 0.4) is 0 Å². The molecule has 3 nitrogen and oxygen atoms in total. The van der Waals surface area contributed by atoms with Gasteiger partial charge in [-0.15, -0.1) is 0 Å². The van der Waals surface area contributed by atoms with E-state index in [-0.39, 0.29) is 6.04 Å². The van der Waals surface area contributed by atoms with Crippen molar-refractivity contribution in [1.29, 1.82) is 0 Å². The van der Waals surface area contributed by atoms with E-state index in [4.69, 9.17) is 10.5 Å². The van der Waals surface area contributed by atoms with Crippen molar-refractivity contribution in [3.63, 3.8) is 0 Å². The molecule has 1 aliphatic rings. The molecule has 0 saturated heterocycles. The van der Waals surface area contributed by atoms with E-state index in [1.807, 2.05) is 12.1 Å². The highest BCUT2D eigenvalue weighted by Crippen LogP contribution is 2.27. The first-order valence-corrected chi connectivity index (χ1v) is 4.60. The quantitative estimate of drug-likeness (QED) is 0.707. The summed E-state index contributed by atoms with van der Waals surface area (Å²) in [4.78, 5) is 4.38. The van der Waals surface area contributed by atoms with Crippen LogP contribution in [0.2, 0.25) is 0 Å². The van der Waals surface area contributed by atoms with Crippen LogP contribution < -0.4 is 10.5 Å². The third kappa shape index (κ3) is 1.52. The molecule has 0 saturated carbocycles. The van der Waals surface area contributed by atoms with Gasteiger partial charge in [-0.1, -0.05) is 6.07 Å². The molecule has 0 aliphatic heterocycles. The molecule has 0 fully saturated rings. The first-order chi connectivity index (χ1) is 6.31.